The summed E-state index contributed by atoms with van der Waals surface area (Å²) in [6, 6.07) is 18.8. The average Bonchev–Trinajstić information content (AvgIpc) is 1.70. The Balaban J connectivity index is 0.000000179. The topological polar surface area (TPSA) is 225 Å². The Morgan fingerprint density at radius 2 is 1.03 bits per heavy atom. The standard InChI is InChI=1S/2C33H40ClN3O6/c2*1-36-15-4-3-7-26(38)24-10-8-22(24)18-37-19-32(14-5-6-21-16-23(34)9-11-25(21)32)20-43-27-12-13-28(35-30(27)37)33(41,17-29(36)39)31(40)42-2/h2*3,7,9,11-13,16,22,24,26,38,41H,4-6,8,10,14-15,17-20H2,1-2H3/b2*7-3+/t22-,24+,26-,32-,33+;22-,24+,26-,32-,33-/m00/s1. The molecule has 4 aliphatic heterocycles. The van der Waals surface area contributed by atoms with Crippen molar-refractivity contribution in [2.75, 3.05) is 90.6 Å². The number of benzene rings is 2. The molecule has 8 aliphatic rings. The summed E-state index contributed by atoms with van der Waals surface area (Å²) < 4.78 is 23.0. The number of methoxy groups -OCH3 is 2. The number of esters is 2. The number of aryl methyl sites for hydroxylation is 2. The Morgan fingerprint density at radius 1 is 0.616 bits per heavy atom. The molecule has 2 saturated carbocycles. The predicted octanol–water partition coefficient (Wildman–Crippen LogP) is 7.53. The number of pyridine rings is 2. The van der Waals surface area contributed by atoms with Crippen LogP contribution < -0.4 is 19.3 Å². The lowest BCUT2D eigenvalue weighted by atomic mass is 9.68. The number of halogens is 2. The first kappa shape index (κ1) is 61.4. The molecule has 12 rings (SSSR count). The van der Waals surface area contributed by atoms with Crippen LogP contribution >= 0.6 is 23.2 Å². The number of amides is 2. The van der Waals surface area contributed by atoms with Crippen molar-refractivity contribution in [3.05, 3.63) is 129 Å². The van der Waals surface area contributed by atoms with E-state index >= 15 is 0 Å². The van der Waals surface area contributed by atoms with Crippen LogP contribution in [0.15, 0.2) is 85.0 Å². The number of fused-ring (bicyclic) bond motifs is 8. The van der Waals surface area contributed by atoms with Crippen molar-refractivity contribution >= 4 is 58.6 Å². The molecule has 2 aromatic heterocycles. The maximum atomic E-state index is 13.2. The third-order valence-corrected chi connectivity index (χ3v) is 20.5. The third kappa shape index (κ3) is 11.9. The largest absolute Gasteiger partial charge is 0.489 e. The van der Waals surface area contributed by atoms with Gasteiger partial charge in [-0.2, -0.15) is 0 Å². The highest BCUT2D eigenvalue weighted by molar-refractivity contribution is 6.31. The summed E-state index contributed by atoms with van der Waals surface area (Å²) in [6.07, 6.45) is 15.9. The molecule has 2 aromatic carbocycles. The number of anilines is 2. The van der Waals surface area contributed by atoms with E-state index in [0.717, 1.165) is 64.2 Å². The third-order valence-electron chi connectivity index (χ3n) is 20.0. The highest BCUT2D eigenvalue weighted by Gasteiger charge is 2.50. The number of nitrogens with zero attached hydrogens (tertiary/aromatic N) is 6. The van der Waals surface area contributed by atoms with Crippen LogP contribution in [0.4, 0.5) is 11.6 Å². The van der Waals surface area contributed by atoms with Crippen molar-refractivity contribution in [1.29, 1.82) is 0 Å². The van der Waals surface area contributed by atoms with E-state index in [1.807, 2.05) is 36.4 Å². The zero-order valence-corrected chi connectivity index (χ0v) is 51.1. The van der Waals surface area contributed by atoms with Gasteiger partial charge in [0.15, 0.2) is 23.1 Å². The normalized spacial score (nSPS) is 31.7. The van der Waals surface area contributed by atoms with E-state index in [0.29, 0.717) is 98.5 Å². The summed E-state index contributed by atoms with van der Waals surface area (Å²) in [4.78, 5) is 69.7. The summed E-state index contributed by atoms with van der Waals surface area (Å²) in [5.41, 5.74) is -0.240. The lowest BCUT2D eigenvalue weighted by Crippen LogP contribution is -2.50. The van der Waals surface area contributed by atoms with Gasteiger partial charge in [-0.1, -0.05) is 59.6 Å². The maximum Gasteiger partial charge on any atom is 0.344 e. The molecule has 18 nitrogen and oxygen atoms in total. The van der Waals surface area contributed by atoms with Gasteiger partial charge < -0.3 is 59.0 Å². The van der Waals surface area contributed by atoms with Crippen LogP contribution in [0.25, 0.3) is 0 Å². The minimum atomic E-state index is -2.28. The van der Waals surface area contributed by atoms with Crippen molar-refractivity contribution in [2.45, 2.75) is 124 Å². The number of carbonyl (C=O) groups is 4. The molecule has 86 heavy (non-hydrogen) atoms. The van der Waals surface area contributed by atoms with Crippen LogP contribution in [0.5, 0.6) is 11.5 Å². The van der Waals surface area contributed by atoms with Crippen LogP contribution in [-0.4, -0.2) is 157 Å². The quantitative estimate of drug-likeness (QED) is 0.112. The Bertz CT molecular complexity index is 3080. The fraction of sp³-hybridized carbons (Fsp3) is 0.545. The predicted molar refractivity (Wildman–Crippen MR) is 324 cm³/mol. The van der Waals surface area contributed by atoms with Gasteiger partial charge in [0.2, 0.25) is 23.0 Å². The molecule has 460 valence electrons. The molecule has 4 aromatic rings. The number of aliphatic hydroxyl groups is 4. The van der Waals surface area contributed by atoms with Crippen molar-refractivity contribution in [2.24, 2.45) is 23.7 Å². The van der Waals surface area contributed by atoms with E-state index in [1.54, 1.807) is 38.4 Å². The van der Waals surface area contributed by atoms with Gasteiger partial charge in [0, 0.05) is 74.2 Å². The molecule has 10 atom stereocenters. The van der Waals surface area contributed by atoms with E-state index in [-0.39, 0.29) is 45.9 Å². The Hall–Kier alpha value is -6.28. The van der Waals surface area contributed by atoms with Crippen LogP contribution in [0, 0.1) is 23.7 Å². The molecule has 6 heterocycles. The summed E-state index contributed by atoms with van der Waals surface area (Å²) in [5, 5.41) is 47.1. The second-order valence-electron chi connectivity index (χ2n) is 25.4. The van der Waals surface area contributed by atoms with E-state index < -0.39 is 60.0 Å². The maximum absolute atomic E-state index is 13.2. The van der Waals surface area contributed by atoms with Gasteiger partial charge in [-0.25, -0.2) is 19.6 Å². The zero-order chi connectivity index (χ0) is 60.7. The Labute approximate surface area is 513 Å². The summed E-state index contributed by atoms with van der Waals surface area (Å²) in [6.45, 7) is 4.11. The number of aromatic nitrogens is 2. The summed E-state index contributed by atoms with van der Waals surface area (Å²) in [5.74, 6) is 0.0347. The fourth-order valence-electron chi connectivity index (χ4n) is 14.7. The van der Waals surface area contributed by atoms with Crippen LogP contribution in [0.3, 0.4) is 0 Å². The van der Waals surface area contributed by atoms with Gasteiger partial charge >= 0.3 is 11.9 Å². The highest BCUT2D eigenvalue weighted by Crippen LogP contribution is 2.49. The van der Waals surface area contributed by atoms with Gasteiger partial charge in [-0.05, 0) is 172 Å². The van der Waals surface area contributed by atoms with Crippen molar-refractivity contribution in [1.82, 2.24) is 19.8 Å². The van der Waals surface area contributed by atoms with E-state index in [4.69, 9.17) is 52.1 Å². The summed E-state index contributed by atoms with van der Waals surface area (Å²) in [7, 11) is 5.64. The smallest absolute Gasteiger partial charge is 0.344 e. The van der Waals surface area contributed by atoms with Crippen molar-refractivity contribution in [3.8, 4) is 11.5 Å². The van der Waals surface area contributed by atoms with Gasteiger partial charge in [-0.15, -0.1) is 0 Å². The number of hydrogen-bond acceptors (Lipinski definition) is 16. The molecule has 4 bridgehead atoms. The molecule has 4 N–H and O–H groups in total. The first-order valence-electron chi connectivity index (χ1n) is 30.4. The monoisotopic (exact) mass is 1220 g/mol. The zero-order valence-electron chi connectivity index (χ0n) is 49.6. The van der Waals surface area contributed by atoms with E-state index in [2.05, 4.69) is 34.1 Å². The average molecular weight is 1220 g/mol. The first-order valence-corrected chi connectivity index (χ1v) is 31.2. The minimum Gasteiger partial charge on any atom is -0.489 e. The number of hydrogen-bond donors (Lipinski definition) is 4. The first-order chi connectivity index (χ1) is 41.3. The Morgan fingerprint density at radius 3 is 1.42 bits per heavy atom. The molecular formula is C66H80Cl2N6O12. The molecule has 0 saturated heterocycles. The minimum absolute atomic E-state index is 0.0393. The fourth-order valence-corrected chi connectivity index (χ4v) is 15.0. The molecular weight excluding hydrogens is 1140 g/mol. The molecule has 0 unspecified atom stereocenters. The molecule has 2 spiro atoms. The number of aliphatic hydroxyl groups excluding tert-OH is 2. The molecule has 20 heteroatoms. The van der Waals surface area contributed by atoms with Crippen molar-refractivity contribution in [3.63, 3.8) is 0 Å². The van der Waals surface area contributed by atoms with E-state index in [1.165, 1.54) is 46.3 Å². The highest BCUT2D eigenvalue weighted by atomic mass is 35.5. The SMILES string of the molecule is COC(=O)[C@@]1(O)CC(=O)N(C)CC/C=C/[C@H](O)[C@@H]2CC[C@H]2CN2C[C@@]3(CCCc4cc(Cl)ccc43)COc3ccc1nc32.COC(=O)[C@]1(O)CC(=O)N(C)CC/C=C/[C@H](O)[C@@H]2CC[C@H]2CN2C[C@@]3(CCCc4cc(Cl)ccc43)COc3ccc1nc32. The molecule has 2 fully saturated rings. The number of ether oxygens (including phenoxy) is 4. The summed E-state index contributed by atoms with van der Waals surface area (Å²) >= 11 is 12.8. The van der Waals surface area contributed by atoms with Crippen molar-refractivity contribution < 1.29 is 58.6 Å². The van der Waals surface area contributed by atoms with Gasteiger partial charge in [-0.3, -0.25) is 9.59 Å². The molecule has 4 aliphatic carbocycles. The van der Waals surface area contributed by atoms with Gasteiger partial charge in [0.1, 0.15) is 0 Å². The second kappa shape index (κ2) is 25.1. The number of rotatable bonds is 2. The molecule has 0 radical (unpaired) electrons. The van der Waals surface area contributed by atoms with Crippen LogP contribution in [0.1, 0.15) is 111 Å². The van der Waals surface area contributed by atoms with Gasteiger partial charge in [0.25, 0.3) is 0 Å². The van der Waals surface area contributed by atoms with E-state index in [9.17, 15) is 39.6 Å². The molecule has 2 amide bonds. The second-order valence-corrected chi connectivity index (χ2v) is 26.2. The van der Waals surface area contributed by atoms with Gasteiger partial charge in [0.05, 0.1) is 63.9 Å². The number of carbonyl (C=O) groups excluding carboxylic acids is 4. The Kier molecular flexibility index (Phi) is 17.9. The lowest BCUT2D eigenvalue weighted by Gasteiger charge is -2.45. The van der Waals surface area contributed by atoms with Crippen LogP contribution in [0.2, 0.25) is 10.0 Å². The lowest BCUT2D eigenvalue weighted by molar-refractivity contribution is -0.168. The van der Waals surface area contributed by atoms with Crippen LogP contribution in [-0.2, 0) is 63.5 Å².